The Hall–Kier alpha value is -2.87. The lowest BCUT2D eigenvalue weighted by Gasteiger charge is -2.36. The quantitative estimate of drug-likeness (QED) is 0.374. The zero-order valence-electron chi connectivity index (χ0n) is 18.7. The molecule has 0 aliphatic rings. The topological polar surface area (TPSA) is 104 Å². The number of rotatable bonds is 8. The van der Waals surface area contributed by atoms with Crippen LogP contribution in [0, 0.1) is 5.92 Å². The molecule has 0 radical (unpaired) electrons. The van der Waals surface area contributed by atoms with Crippen molar-refractivity contribution in [2.75, 3.05) is 28.3 Å². The molecular formula is C18H25F6N3O6. The molecule has 0 aliphatic heterocycles. The standard InChI is InChI=1S/C18H25F6N3O6/c1-9(2)12(27(5)16(32)18(22,23)24)13(29)25(3)10(14(30)33-6)7-8-11(28)26(4)15(31)17(19,20)21/h9-10,12H,7-8H2,1-6H3. The summed E-state index contributed by atoms with van der Waals surface area (Å²) in [4.78, 5) is 60.4. The van der Waals surface area contributed by atoms with E-state index in [2.05, 4.69) is 4.74 Å². The van der Waals surface area contributed by atoms with E-state index >= 15 is 0 Å². The fraction of sp³-hybridized carbons (Fsp3) is 0.722. The van der Waals surface area contributed by atoms with Crippen LogP contribution in [0.25, 0.3) is 0 Å². The van der Waals surface area contributed by atoms with Gasteiger partial charge in [0.05, 0.1) is 7.11 Å². The molecule has 0 bridgehead atoms. The molecule has 0 aliphatic carbocycles. The molecule has 0 fully saturated rings. The minimum Gasteiger partial charge on any atom is -0.467 e. The highest BCUT2D eigenvalue weighted by atomic mass is 19.4. The third-order valence-electron chi connectivity index (χ3n) is 4.71. The maximum Gasteiger partial charge on any atom is 0.471 e. The molecule has 33 heavy (non-hydrogen) atoms. The Bertz CT molecular complexity index is 768. The average molecular weight is 493 g/mol. The fourth-order valence-corrected chi connectivity index (χ4v) is 2.92. The molecule has 0 N–H and O–H groups in total. The van der Waals surface area contributed by atoms with Crippen molar-refractivity contribution in [3.63, 3.8) is 0 Å². The molecule has 2 unspecified atom stereocenters. The number of amides is 4. The van der Waals surface area contributed by atoms with Crippen molar-refractivity contribution < 1.29 is 55.1 Å². The Morgan fingerprint density at radius 1 is 0.818 bits per heavy atom. The highest BCUT2D eigenvalue weighted by molar-refractivity contribution is 5.98. The van der Waals surface area contributed by atoms with Crippen molar-refractivity contribution in [3.05, 3.63) is 0 Å². The van der Waals surface area contributed by atoms with Crippen LogP contribution in [0.2, 0.25) is 0 Å². The second-order valence-corrected chi connectivity index (χ2v) is 7.39. The lowest BCUT2D eigenvalue weighted by atomic mass is 9.99. The predicted molar refractivity (Wildman–Crippen MR) is 99.1 cm³/mol. The van der Waals surface area contributed by atoms with Crippen molar-refractivity contribution in [2.45, 2.75) is 51.1 Å². The van der Waals surface area contributed by atoms with Crippen molar-refractivity contribution in [1.82, 2.24) is 14.7 Å². The Labute approximate surface area is 185 Å². The number of nitrogens with zero attached hydrogens (tertiary/aromatic N) is 3. The Morgan fingerprint density at radius 2 is 1.27 bits per heavy atom. The lowest BCUT2D eigenvalue weighted by Crippen LogP contribution is -2.57. The Kier molecular flexibility index (Phi) is 10.3. The van der Waals surface area contributed by atoms with Gasteiger partial charge in [0.15, 0.2) is 0 Å². The van der Waals surface area contributed by atoms with Gasteiger partial charge in [-0.1, -0.05) is 13.8 Å². The molecule has 15 heteroatoms. The van der Waals surface area contributed by atoms with E-state index in [9.17, 15) is 50.3 Å². The van der Waals surface area contributed by atoms with E-state index in [0.29, 0.717) is 11.9 Å². The summed E-state index contributed by atoms with van der Waals surface area (Å²) in [7, 11) is 3.24. The fourth-order valence-electron chi connectivity index (χ4n) is 2.92. The molecule has 2 atom stereocenters. The summed E-state index contributed by atoms with van der Waals surface area (Å²) in [5.41, 5.74) is 0. The van der Waals surface area contributed by atoms with Crippen LogP contribution in [0.1, 0.15) is 26.7 Å². The van der Waals surface area contributed by atoms with E-state index < -0.39 is 72.8 Å². The summed E-state index contributed by atoms with van der Waals surface area (Å²) in [6.07, 6.45) is -12.0. The van der Waals surface area contributed by atoms with Crippen molar-refractivity contribution in [3.8, 4) is 0 Å². The van der Waals surface area contributed by atoms with Gasteiger partial charge in [-0.25, -0.2) is 4.79 Å². The second kappa shape index (κ2) is 11.3. The van der Waals surface area contributed by atoms with Gasteiger partial charge >= 0.3 is 30.1 Å². The number of hydrogen-bond donors (Lipinski definition) is 0. The largest absolute Gasteiger partial charge is 0.471 e. The van der Waals surface area contributed by atoms with E-state index in [-0.39, 0.29) is 9.80 Å². The van der Waals surface area contributed by atoms with Gasteiger partial charge in [0.1, 0.15) is 12.1 Å². The van der Waals surface area contributed by atoms with Gasteiger partial charge in [0, 0.05) is 27.6 Å². The van der Waals surface area contributed by atoms with Crippen molar-refractivity contribution in [2.24, 2.45) is 5.92 Å². The first-order valence-electron chi connectivity index (χ1n) is 9.35. The Balaban J connectivity index is 5.73. The van der Waals surface area contributed by atoms with Gasteiger partial charge in [0.25, 0.3) is 0 Å². The predicted octanol–water partition coefficient (Wildman–Crippen LogP) is 1.36. The molecule has 0 aromatic heterocycles. The van der Waals surface area contributed by atoms with Gasteiger partial charge in [-0.15, -0.1) is 0 Å². The molecule has 0 saturated heterocycles. The molecule has 9 nitrogen and oxygen atoms in total. The van der Waals surface area contributed by atoms with Gasteiger partial charge in [0.2, 0.25) is 11.8 Å². The first-order chi connectivity index (χ1) is 14.8. The monoisotopic (exact) mass is 493 g/mol. The Morgan fingerprint density at radius 3 is 1.64 bits per heavy atom. The van der Waals surface area contributed by atoms with E-state index in [1.54, 1.807) is 0 Å². The summed E-state index contributed by atoms with van der Waals surface area (Å²) in [5.74, 6) is -9.13. The molecule has 0 heterocycles. The minimum absolute atomic E-state index is 0.165. The molecule has 0 spiro atoms. The van der Waals surface area contributed by atoms with Gasteiger partial charge in [-0.2, -0.15) is 26.3 Å². The smallest absolute Gasteiger partial charge is 0.467 e. The van der Waals surface area contributed by atoms with Crippen LogP contribution in [0.3, 0.4) is 0 Å². The molecule has 190 valence electrons. The number of halogens is 6. The summed E-state index contributed by atoms with van der Waals surface area (Å²) in [6.45, 7) is 2.70. The highest BCUT2D eigenvalue weighted by Gasteiger charge is 2.47. The van der Waals surface area contributed by atoms with E-state index in [4.69, 9.17) is 0 Å². The van der Waals surface area contributed by atoms with Gasteiger partial charge in [-0.3, -0.25) is 24.1 Å². The molecule has 0 aromatic carbocycles. The zero-order valence-corrected chi connectivity index (χ0v) is 18.7. The number of hydrogen-bond acceptors (Lipinski definition) is 6. The number of alkyl halides is 6. The van der Waals surface area contributed by atoms with Crippen LogP contribution in [-0.2, 0) is 28.7 Å². The SMILES string of the molecule is COC(=O)C(CCC(=O)N(C)C(=O)C(F)(F)F)N(C)C(=O)C(C(C)C)N(C)C(=O)C(F)(F)F. The summed E-state index contributed by atoms with van der Waals surface area (Å²) >= 11 is 0. The number of carbonyl (C=O) groups excluding carboxylic acids is 5. The number of esters is 1. The molecule has 0 saturated carbocycles. The normalized spacial score (nSPS) is 13.7. The molecule has 4 amide bonds. The van der Waals surface area contributed by atoms with Crippen molar-refractivity contribution >= 4 is 29.6 Å². The first kappa shape index (κ1) is 30.1. The first-order valence-corrected chi connectivity index (χ1v) is 9.35. The van der Waals surface area contributed by atoms with E-state index in [1.165, 1.54) is 13.8 Å². The van der Waals surface area contributed by atoms with Crippen molar-refractivity contribution in [1.29, 1.82) is 0 Å². The number of imide groups is 1. The van der Waals surface area contributed by atoms with Crippen LogP contribution in [0.15, 0.2) is 0 Å². The number of likely N-dealkylation sites (N-methyl/N-ethyl adjacent to an activating group) is 2. The average Bonchev–Trinajstić information content (AvgIpc) is 2.69. The summed E-state index contributed by atoms with van der Waals surface area (Å²) in [5, 5.41) is 0. The zero-order chi connectivity index (χ0) is 26.5. The number of methoxy groups -OCH3 is 1. The minimum atomic E-state index is -5.32. The highest BCUT2D eigenvalue weighted by Crippen LogP contribution is 2.24. The maximum absolute atomic E-state index is 12.9. The van der Waals surface area contributed by atoms with Gasteiger partial charge < -0.3 is 14.5 Å². The van der Waals surface area contributed by atoms with E-state index in [0.717, 1.165) is 21.2 Å². The van der Waals surface area contributed by atoms with Crippen LogP contribution < -0.4 is 0 Å². The van der Waals surface area contributed by atoms with Crippen LogP contribution >= 0.6 is 0 Å². The van der Waals surface area contributed by atoms with Crippen LogP contribution in [-0.4, -0.2) is 97.0 Å². The second-order valence-electron chi connectivity index (χ2n) is 7.39. The summed E-state index contributed by atoms with van der Waals surface area (Å²) in [6, 6.07) is -3.27. The third-order valence-corrected chi connectivity index (χ3v) is 4.71. The molecular weight excluding hydrogens is 468 g/mol. The molecule has 0 rings (SSSR count). The van der Waals surface area contributed by atoms with Crippen LogP contribution in [0.4, 0.5) is 26.3 Å². The molecule has 0 aromatic rings. The van der Waals surface area contributed by atoms with E-state index in [1.807, 2.05) is 0 Å². The summed E-state index contributed by atoms with van der Waals surface area (Å²) < 4.78 is 80.4. The third kappa shape index (κ3) is 7.89. The lowest BCUT2D eigenvalue weighted by molar-refractivity contribution is -0.188. The van der Waals surface area contributed by atoms with Crippen LogP contribution in [0.5, 0.6) is 0 Å². The number of ether oxygens (including phenoxy) is 1. The number of carbonyl (C=O) groups is 5. The maximum atomic E-state index is 12.9. The van der Waals surface area contributed by atoms with Gasteiger partial charge in [-0.05, 0) is 12.3 Å².